The fourth-order valence-electron chi connectivity index (χ4n) is 3.76. The summed E-state index contributed by atoms with van der Waals surface area (Å²) in [6.07, 6.45) is 3.89. The zero-order valence-electron chi connectivity index (χ0n) is 19.3. The van der Waals surface area contributed by atoms with Crippen molar-refractivity contribution >= 4 is 11.6 Å². The maximum Gasteiger partial charge on any atom is 0.191 e. The van der Waals surface area contributed by atoms with E-state index in [-0.39, 0.29) is 12.0 Å². The first-order valence-corrected chi connectivity index (χ1v) is 11.2. The highest BCUT2D eigenvalue weighted by molar-refractivity contribution is 5.80. The molecular weight excluding hydrogens is 380 g/mol. The van der Waals surface area contributed by atoms with Crippen molar-refractivity contribution in [1.82, 2.24) is 10.6 Å². The molecule has 1 fully saturated rings. The van der Waals surface area contributed by atoms with Crippen molar-refractivity contribution in [2.75, 3.05) is 51.9 Å². The fourth-order valence-corrected chi connectivity index (χ4v) is 3.76. The Bertz CT molecular complexity index is 638. The summed E-state index contributed by atoms with van der Waals surface area (Å²) in [7, 11) is 3.36. The third-order valence-electron chi connectivity index (χ3n) is 6.29. The number of nitrogens with zero attached hydrogens (tertiary/aromatic N) is 2. The fraction of sp³-hybridized carbons (Fsp3) is 0.696. The summed E-state index contributed by atoms with van der Waals surface area (Å²) in [5.41, 5.74) is 1.00. The lowest BCUT2D eigenvalue weighted by Gasteiger charge is -2.35. The molecule has 0 unspecified atom stereocenters. The molecule has 1 aromatic carbocycles. The first kappa shape index (κ1) is 24.1. The minimum absolute atomic E-state index is 0.128. The van der Waals surface area contributed by atoms with E-state index in [1.807, 2.05) is 6.07 Å². The Kier molecular flexibility index (Phi) is 9.56. The van der Waals surface area contributed by atoms with Crippen LogP contribution in [0.5, 0.6) is 11.5 Å². The van der Waals surface area contributed by atoms with E-state index in [1.165, 1.54) is 0 Å². The van der Waals surface area contributed by atoms with Crippen LogP contribution in [-0.2, 0) is 0 Å². The van der Waals surface area contributed by atoms with E-state index >= 15 is 0 Å². The molecule has 1 heterocycles. The van der Waals surface area contributed by atoms with Crippen LogP contribution in [0.1, 0.15) is 46.5 Å². The van der Waals surface area contributed by atoms with Gasteiger partial charge in [0.25, 0.3) is 0 Å². The summed E-state index contributed by atoms with van der Waals surface area (Å²) in [5.74, 6) is 2.47. The van der Waals surface area contributed by atoms with Crippen molar-refractivity contribution in [2.24, 2.45) is 10.4 Å². The summed E-state index contributed by atoms with van der Waals surface area (Å²) < 4.78 is 10.8. The van der Waals surface area contributed by atoms with E-state index in [4.69, 9.17) is 14.5 Å². The van der Waals surface area contributed by atoms with Crippen LogP contribution in [0.3, 0.4) is 0 Å². The molecule has 170 valence electrons. The van der Waals surface area contributed by atoms with Crippen LogP contribution < -0.4 is 25.0 Å². The van der Waals surface area contributed by atoms with E-state index in [1.54, 1.807) is 14.2 Å². The van der Waals surface area contributed by atoms with Gasteiger partial charge in [-0.3, -0.25) is 4.99 Å². The minimum Gasteiger partial charge on any atom is -0.497 e. The molecule has 0 atom stereocenters. The highest BCUT2D eigenvalue weighted by Gasteiger charge is 2.26. The Morgan fingerprint density at radius 2 is 1.70 bits per heavy atom. The van der Waals surface area contributed by atoms with E-state index in [9.17, 15) is 5.11 Å². The second-order valence-electron chi connectivity index (χ2n) is 8.04. The molecule has 0 radical (unpaired) electrons. The lowest BCUT2D eigenvalue weighted by atomic mass is 9.83. The van der Waals surface area contributed by atoms with Gasteiger partial charge in [-0.25, -0.2) is 0 Å². The molecule has 1 aromatic rings. The highest BCUT2D eigenvalue weighted by Crippen LogP contribution is 2.30. The van der Waals surface area contributed by atoms with Gasteiger partial charge in [-0.2, -0.15) is 0 Å². The van der Waals surface area contributed by atoms with Crippen LogP contribution >= 0.6 is 0 Å². The molecule has 0 amide bonds. The molecule has 0 spiro atoms. The van der Waals surface area contributed by atoms with Crippen molar-refractivity contribution in [3.05, 3.63) is 18.2 Å². The number of hydrogen-bond donors (Lipinski definition) is 3. The number of piperidine rings is 1. The van der Waals surface area contributed by atoms with Crippen LogP contribution in [0, 0.1) is 5.41 Å². The Morgan fingerprint density at radius 3 is 2.17 bits per heavy atom. The van der Waals surface area contributed by atoms with Gasteiger partial charge in [-0.05, 0) is 32.6 Å². The molecule has 0 aromatic heterocycles. The number of benzene rings is 1. The number of aliphatic hydroxyl groups is 1. The zero-order valence-corrected chi connectivity index (χ0v) is 19.3. The van der Waals surface area contributed by atoms with Gasteiger partial charge in [0.1, 0.15) is 11.5 Å². The molecular formula is C23H40N4O3. The summed E-state index contributed by atoms with van der Waals surface area (Å²) in [6, 6.07) is 6.39. The van der Waals surface area contributed by atoms with Crippen molar-refractivity contribution in [3.8, 4) is 11.5 Å². The third-order valence-corrected chi connectivity index (χ3v) is 6.29. The maximum atomic E-state index is 9.82. The van der Waals surface area contributed by atoms with Gasteiger partial charge in [0.15, 0.2) is 5.96 Å². The van der Waals surface area contributed by atoms with Crippen molar-refractivity contribution in [3.63, 3.8) is 0 Å². The van der Waals surface area contributed by atoms with Crippen LogP contribution in [0.15, 0.2) is 23.2 Å². The zero-order chi connectivity index (χ0) is 22.0. The first-order valence-electron chi connectivity index (χ1n) is 11.2. The second-order valence-corrected chi connectivity index (χ2v) is 8.04. The van der Waals surface area contributed by atoms with E-state index < -0.39 is 0 Å². The average molecular weight is 421 g/mol. The Morgan fingerprint density at radius 1 is 1.10 bits per heavy atom. The third kappa shape index (κ3) is 6.42. The number of nitrogens with one attached hydrogen (secondary N) is 2. The number of rotatable bonds is 10. The van der Waals surface area contributed by atoms with Crippen molar-refractivity contribution < 1.29 is 14.6 Å². The monoisotopic (exact) mass is 420 g/mol. The Balaban J connectivity index is 1.98. The highest BCUT2D eigenvalue weighted by atomic mass is 16.5. The molecule has 1 saturated heterocycles. The number of aliphatic imine (C=N–C) groups is 1. The predicted molar refractivity (Wildman–Crippen MR) is 124 cm³/mol. The van der Waals surface area contributed by atoms with Crippen LogP contribution in [-0.4, -0.2) is 64.1 Å². The van der Waals surface area contributed by atoms with Crippen LogP contribution in [0.25, 0.3) is 0 Å². The molecule has 1 aliphatic heterocycles. The molecule has 0 saturated carbocycles. The van der Waals surface area contributed by atoms with Gasteiger partial charge in [0.05, 0.1) is 27.4 Å². The summed E-state index contributed by atoms with van der Waals surface area (Å²) in [6.45, 7) is 9.86. The Labute approximate surface area is 181 Å². The quantitative estimate of drug-likeness (QED) is 0.399. The molecule has 0 bridgehead atoms. The van der Waals surface area contributed by atoms with Gasteiger partial charge < -0.3 is 30.1 Å². The van der Waals surface area contributed by atoms with Gasteiger partial charge in [0.2, 0.25) is 0 Å². The summed E-state index contributed by atoms with van der Waals surface area (Å²) >= 11 is 0. The summed E-state index contributed by atoms with van der Waals surface area (Å²) in [4.78, 5) is 7.18. The first-order chi connectivity index (χ1) is 14.5. The number of hydrogen-bond acceptors (Lipinski definition) is 5. The maximum absolute atomic E-state index is 9.82. The van der Waals surface area contributed by atoms with Crippen molar-refractivity contribution in [1.29, 1.82) is 0 Å². The number of methoxy groups -OCH3 is 2. The standard InChI is InChI=1S/C23H40N4O3/c1-6-23(7-2,17-28)16-25-22(24-8-3)26-18-9-11-27(12-10-18)19-13-20(29-4)15-21(14-19)30-5/h13-15,18,28H,6-12,16-17H2,1-5H3,(H2,24,25,26). The second kappa shape index (κ2) is 11.9. The Hall–Kier alpha value is -2.15. The molecule has 0 aliphatic carbocycles. The number of guanidine groups is 1. The molecule has 7 heteroatoms. The minimum atomic E-state index is -0.128. The van der Waals surface area contributed by atoms with Gasteiger partial charge in [-0.15, -0.1) is 0 Å². The number of ether oxygens (including phenoxy) is 2. The van der Waals surface area contributed by atoms with Crippen LogP contribution in [0.4, 0.5) is 5.69 Å². The van der Waals surface area contributed by atoms with E-state index in [2.05, 4.69) is 48.4 Å². The van der Waals surface area contributed by atoms with Gasteiger partial charge in [-0.1, -0.05) is 13.8 Å². The van der Waals surface area contributed by atoms with Gasteiger partial charge in [0, 0.05) is 55.0 Å². The van der Waals surface area contributed by atoms with Crippen molar-refractivity contribution in [2.45, 2.75) is 52.5 Å². The SMILES string of the molecule is CCNC(=NCC(CC)(CC)CO)NC1CCN(c2cc(OC)cc(OC)c2)CC1. The molecule has 2 rings (SSSR count). The molecule has 30 heavy (non-hydrogen) atoms. The average Bonchev–Trinajstić information content (AvgIpc) is 2.80. The topological polar surface area (TPSA) is 78.4 Å². The molecule has 3 N–H and O–H groups in total. The summed E-state index contributed by atoms with van der Waals surface area (Å²) in [5, 5.41) is 16.8. The van der Waals surface area contributed by atoms with E-state index in [0.29, 0.717) is 12.6 Å². The lowest BCUT2D eigenvalue weighted by molar-refractivity contribution is 0.123. The normalized spacial score (nSPS) is 15.8. The number of anilines is 1. The number of aliphatic hydroxyl groups excluding tert-OH is 1. The van der Waals surface area contributed by atoms with Gasteiger partial charge >= 0.3 is 0 Å². The smallest absolute Gasteiger partial charge is 0.191 e. The largest absolute Gasteiger partial charge is 0.497 e. The predicted octanol–water partition coefficient (Wildman–Crippen LogP) is 3.03. The molecule has 1 aliphatic rings. The lowest BCUT2D eigenvalue weighted by Crippen LogP contribution is -2.49. The van der Waals surface area contributed by atoms with E-state index in [0.717, 1.165) is 68.5 Å². The molecule has 7 nitrogen and oxygen atoms in total. The van der Waals surface area contributed by atoms with Crippen LogP contribution in [0.2, 0.25) is 0 Å².